The zero-order valence-electron chi connectivity index (χ0n) is 13.7. The number of hydrogen-bond acceptors (Lipinski definition) is 7. The first-order chi connectivity index (χ1) is 11.1. The summed E-state index contributed by atoms with van der Waals surface area (Å²) in [6, 6.07) is 0.474. The number of nitrogens with zero attached hydrogens (tertiary/aromatic N) is 3. The zero-order valence-corrected chi connectivity index (χ0v) is 13.7. The number of allylic oxidation sites excluding steroid dienone is 1. The molecule has 2 atom stereocenters. The molecule has 1 aromatic heterocycles. The molecule has 0 aromatic carbocycles. The molecule has 2 aliphatic rings. The summed E-state index contributed by atoms with van der Waals surface area (Å²) >= 11 is 0. The lowest BCUT2D eigenvalue weighted by Crippen LogP contribution is -2.23. The molecule has 0 saturated carbocycles. The van der Waals surface area contributed by atoms with Crippen molar-refractivity contribution in [3.05, 3.63) is 11.9 Å². The minimum Gasteiger partial charge on any atom is -0.389 e. The van der Waals surface area contributed by atoms with Gasteiger partial charge in [0.25, 0.3) is 0 Å². The molecule has 1 fully saturated rings. The van der Waals surface area contributed by atoms with Gasteiger partial charge in [-0.1, -0.05) is 0 Å². The Morgan fingerprint density at radius 3 is 2.74 bits per heavy atom. The Morgan fingerprint density at radius 1 is 1.22 bits per heavy atom. The highest BCUT2D eigenvalue weighted by Gasteiger charge is 2.20. The lowest BCUT2D eigenvalue weighted by Gasteiger charge is -2.18. The van der Waals surface area contributed by atoms with E-state index in [2.05, 4.69) is 25.6 Å². The van der Waals surface area contributed by atoms with E-state index in [1.54, 1.807) is 0 Å². The third-order valence-corrected chi connectivity index (χ3v) is 3.94. The van der Waals surface area contributed by atoms with Gasteiger partial charge in [0.15, 0.2) is 5.82 Å². The summed E-state index contributed by atoms with van der Waals surface area (Å²) in [6.07, 6.45) is 5.04. The monoisotopic (exact) mass is 319 g/mol. The van der Waals surface area contributed by atoms with E-state index in [1.807, 2.05) is 19.9 Å². The highest BCUT2D eigenvalue weighted by Crippen LogP contribution is 2.26. The summed E-state index contributed by atoms with van der Waals surface area (Å²) in [5.41, 5.74) is 0.990. The standard InChI is InChI=1S/C16H25N5O2/c1-10(2)17-15-19-14(11-4-3-5-13(22)8-11)20-16(21-15)18-12-6-7-23-9-12/h8,10,12-13,22H,3-7,9H2,1-2H3,(H2,17,18,19,20,21)/t12-,13?/m1/s1. The van der Waals surface area contributed by atoms with Crippen LogP contribution in [-0.4, -0.2) is 51.5 Å². The van der Waals surface area contributed by atoms with Gasteiger partial charge >= 0.3 is 0 Å². The van der Waals surface area contributed by atoms with Crippen molar-refractivity contribution in [2.75, 3.05) is 23.8 Å². The summed E-state index contributed by atoms with van der Waals surface area (Å²) in [4.78, 5) is 13.5. The van der Waals surface area contributed by atoms with E-state index in [4.69, 9.17) is 4.74 Å². The van der Waals surface area contributed by atoms with Crippen LogP contribution in [0, 0.1) is 0 Å². The predicted octanol–water partition coefficient (Wildman–Crippen LogP) is 1.82. The topological polar surface area (TPSA) is 92.2 Å². The third-order valence-electron chi connectivity index (χ3n) is 3.94. The van der Waals surface area contributed by atoms with E-state index in [1.165, 1.54) is 0 Å². The van der Waals surface area contributed by atoms with Crippen LogP contribution < -0.4 is 10.6 Å². The van der Waals surface area contributed by atoms with E-state index < -0.39 is 6.10 Å². The van der Waals surface area contributed by atoms with Gasteiger partial charge in [-0.2, -0.15) is 15.0 Å². The average Bonchev–Trinajstić information content (AvgIpc) is 2.99. The van der Waals surface area contributed by atoms with E-state index in [0.717, 1.165) is 37.9 Å². The summed E-state index contributed by atoms with van der Waals surface area (Å²) in [5.74, 6) is 1.77. The van der Waals surface area contributed by atoms with Gasteiger partial charge in [0.05, 0.1) is 18.8 Å². The van der Waals surface area contributed by atoms with Crippen LogP contribution in [0.25, 0.3) is 5.57 Å². The normalized spacial score (nSPS) is 24.6. The maximum atomic E-state index is 9.86. The fourth-order valence-electron chi connectivity index (χ4n) is 2.82. The Hall–Kier alpha value is -1.73. The maximum absolute atomic E-state index is 9.86. The summed E-state index contributed by atoms with van der Waals surface area (Å²) in [7, 11) is 0. The van der Waals surface area contributed by atoms with Gasteiger partial charge in [0.2, 0.25) is 11.9 Å². The largest absolute Gasteiger partial charge is 0.389 e. The molecule has 23 heavy (non-hydrogen) atoms. The van der Waals surface area contributed by atoms with Crippen LogP contribution in [0.5, 0.6) is 0 Å². The lowest BCUT2D eigenvalue weighted by atomic mass is 9.97. The van der Waals surface area contributed by atoms with E-state index in [0.29, 0.717) is 24.3 Å². The molecule has 1 aromatic rings. The average molecular weight is 319 g/mol. The Balaban J connectivity index is 1.87. The van der Waals surface area contributed by atoms with Crippen molar-refractivity contribution in [1.82, 2.24) is 15.0 Å². The van der Waals surface area contributed by atoms with Crippen molar-refractivity contribution >= 4 is 17.5 Å². The molecule has 126 valence electrons. The van der Waals surface area contributed by atoms with Crippen molar-refractivity contribution in [3.63, 3.8) is 0 Å². The number of ether oxygens (including phenoxy) is 1. The molecule has 1 aliphatic heterocycles. The Morgan fingerprint density at radius 2 is 2.04 bits per heavy atom. The van der Waals surface area contributed by atoms with Crippen LogP contribution >= 0.6 is 0 Å². The molecule has 0 amide bonds. The highest BCUT2D eigenvalue weighted by atomic mass is 16.5. The smallest absolute Gasteiger partial charge is 0.228 e. The van der Waals surface area contributed by atoms with Gasteiger partial charge in [-0.3, -0.25) is 0 Å². The lowest BCUT2D eigenvalue weighted by molar-refractivity contribution is 0.195. The maximum Gasteiger partial charge on any atom is 0.228 e. The summed E-state index contributed by atoms with van der Waals surface area (Å²) < 4.78 is 5.39. The van der Waals surface area contributed by atoms with Crippen molar-refractivity contribution in [3.8, 4) is 0 Å². The molecule has 0 radical (unpaired) electrons. The number of hydrogen-bond donors (Lipinski definition) is 3. The van der Waals surface area contributed by atoms with Crippen molar-refractivity contribution in [2.45, 2.75) is 57.7 Å². The van der Waals surface area contributed by atoms with Crippen molar-refractivity contribution in [2.24, 2.45) is 0 Å². The van der Waals surface area contributed by atoms with Gasteiger partial charge in [0.1, 0.15) is 0 Å². The molecule has 1 unspecified atom stereocenters. The fourth-order valence-corrected chi connectivity index (χ4v) is 2.82. The zero-order chi connectivity index (χ0) is 16.2. The van der Waals surface area contributed by atoms with Crippen molar-refractivity contribution in [1.29, 1.82) is 0 Å². The number of aliphatic hydroxyl groups is 1. The Kier molecular flexibility index (Phi) is 5.07. The quantitative estimate of drug-likeness (QED) is 0.762. The van der Waals surface area contributed by atoms with E-state index in [-0.39, 0.29) is 12.1 Å². The molecule has 2 heterocycles. The molecule has 7 heteroatoms. The van der Waals surface area contributed by atoms with Crippen LogP contribution in [0.15, 0.2) is 6.08 Å². The SMILES string of the molecule is CC(C)Nc1nc(N[C@@H]2CCOC2)nc(C2=CC(O)CCC2)n1. The van der Waals surface area contributed by atoms with Crippen LogP contribution in [0.1, 0.15) is 45.4 Å². The second kappa shape index (κ2) is 7.23. The van der Waals surface area contributed by atoms with Crippen LogP contribution in [0.2, 0.25) is 0 Å². The van der Waals surface area contributed by atoms with Gasteiger partial charge < -0.3 is 20.5 Å². The molecule has 0 bridgehead atoms. The highest BCUT2D eigenvalue weighted by molar-refractivity contribution is 5.63. The molecule has 3 rings (SSSR count). The molecule has 1 saturated heterocycles. The number of aromatic nitrogens is 3. The van der Waals surface area contributed by atoms with Crippen LogP contribution in [0.4, 0.5) is 11.9 Å². The van der Waals surface area contributed by atoms with Gasteiger partial charge in [0, 0.05) is 12.6 Å². The molecule has 7 nitrogen and oxygen atoms in total. The Labute approximate surface area is 136 Å². The molecular formula is C16H25N5O2. The van der Waals surface area contributed by atoms with Gasteiger partial charge in [-0.05, 0) is 51.2 Å². The van der Waals surface area contributed by atoms with Crippen molar-refractivity contribution < 1.29 is 9.84 Å². The van der Waals surface area contributed by atoms with E-state index in [9.17, 15) is 5.11 Å². The predicted molar refractivity (Wildman–Crippen MR) is 89.3 cm³/mol. The first-order valence-electron chi connectivity index (χ1n) is 8.36. The van der Waals surface area contributed by atoms with Gasteiger partial charge in [-0.15, -0.1) is 0 Å². The second-order valence-electron chi connectivity index (χ2n) is 6.46. The minimum absolute atomic E-state index is 0.235. The number of rotatable bonds is 5. The number of anilines is 2. The number of aliphatic hydroxyl groups excluding tert-OH is 1. The van der Waals surface area contributed by atoms with Crippen LogP contribution in [-0.2, 0) is 4.74 Å². The van der Waals surface area contributed by atoms with Crippen LogP contribution in [0.3, 0.4) is 0 Å². The van der Waals surface area contributed by atoms with Gasteiger partial charge in [-0.25, -0.2) is 0 Å². The Bertz CT molecular complexity index is 570. The summed E-state index contributed by atoms with van der Waals surface area (Å²) in [5, 5.41) is 16.4. The number of nitrogens with one attached hydrogen (secondary N) is 2. The first kappa shape index (κ1) is 16.1. The minimum atomic E-state index is -0.406. The summed E-state index contributed by atoms with van der Waals surface area (Å²) in [6.45, 7) is 5.54. The van der Waals surface area contributed by atoms with E-state index >= 15 is 0 Å². The molecule has 0 spiro atoms. The fraction of sp³-hybridized carbons (Fsp3) is 0.688. The third kappa shape index (κ3) is 4.39. The first-order valence-corrected chi connectivity index (χ1v) is 8.36. The molecular weight excluding hydrogens is 294 g/mol. The molecule has 3 N–H and O–H groups in total. The molecule has 1 aliphatic carbocycles. The second-order valence-corrected chi connectivity index (χ2v) is 6.46.